The zero-order chi connectivity index (χ0) is 18.5. The van der Waals surface area contributed by atoms with Crippen molar-refractivity contribution in [1.29, 1.82) is 0 Å². The fraction of sp³-hybridized carbons (Fsp3) is 0.250. The number of nitrogens with zero attached hydrogens (tertiary/aromatic N) is 2. The number of benzene rings is 2. The Kier molecular flexibility index (Phi) is 5.83. The van der Waals surface area contributed by atoms with Crippen molar-refractivity contribution in [1.82, 2.24) is 14.9 Å². The first-order chi connectivity index (χ1) is 12.6. The quantitative estimate of drug-likeness (QED) is 0.667. The summed E-state index contributed by atoms with van der Waals surface area (Å²) in [6, 6.07) is 15.1. The number of nitrogens with one attached hydrogen (secondary N) is 1. The fourth-order valence-electron chi connectivity index (χ4n) is 2.93. The van der Waals surface area contributed by atoms with Gasteiger partial charge in [0.2, 0.25) is 5.91 Å². The summed E-state index contributed by atoms with van der Waals surface area (Å²) in [5.41, 5.74) is 1.46. The van der Waals surface area contributed by atoms with E-state index in [1.807, 2.05) is 36.4 Å². The molecule has 26 heavy (non-hydrogen) atoms. The molecule has 1 aromatic heterocycles. The van der Waals surface area contributed by atoms with E-state index in [1.165, 1.54) is 10.9 Å². The molecule has 0 saturated carbocycles. The van der Waals surface area contributed by atoms with Crippen molar-refractivity contribution in [3.05, 3.63) is 75.2 Å². The normalized spacial score (nSPS) is 12.1. The first-order valence-electron chi connectivity index (χ1n) is 8.57. The first-order valence-corrected chi connectivity index (χ1v) is 9.37. The molecule has 0 spiro atoms. The Morgan fingerprint density at radius 1 is 1.23 bits per heavy atom. The molecule has 0 bridgehead atoms. The van der Waals surface area contributed by atoms with Crippen LogP contribution in [0.4, 0.5) is 0 Å². The monoisotopic (exact) mass is 413 g/mol. The van der Waals surface area contributed by atoms with Gasteiger partial charge in [-0.15, -0.1) is 0 Å². The molecule has 3 aromatic rings. The molecule has 3 rings (SSSR count). The van der Waals surface area contributed by atoms with Crippen molar-refractivity contribution in [2.24, 2.45) is 0 Å². The number of carbonyl (C=O) groups is 1. The Morgan fingerprint density at radius 3 is 2.73 bits per heavy atom. The van der Waals surface area contributed by atoms with Gasteiger partial charge in [0.25, 0.3) is 5.56 Å². The average molecular weight is 414 g/mol. The highest BCUT2D eigenvalue weighted by molar-refractivity contribution is 9.10. The average Bonchev–Trinajstić information content (AvgIpc) is 2.65. The van der Waals surface area contributed by atoms with Crippen LogP contribution in [-0.2, 0) is 11.3 Å². The van der Waals surface area contributed by atoms with Crippen molar-refractivity contribution in [3.63, 3.8) is 0 Å². The Bertz CT molecular complexity index is 970. The van der Waals surface area contributed by atoms with Gasteiger partial charge in [-0.25, -0.2) is 4.98 Å². The summed E-state index contributed by atoms with van der Waals surface area (Å²) in [5, 5.41) is 3.52. The second-order valence-corrected chi connectivity index (χ2v) is 7.07. The smallest absolute Gasteiger partial charge is 0.261 e. The lowest BCUT2D eigenvalue weighted by Crippen LogP contribution is -2.34. The third-order valence-electron chi connectivity index (χ3n) is 4.21. The molecule has 0 unspecified atom stereocenters. The Balaban J connectivity index is 1.80. The molecule has 0 saturated heterocycles. The van der Waals surface area contributed by atoms with E-state index in [1.54, 1.807) is 12.1 Å². The van der Waals surface area contributed by atoms with Crippen molar-refractivity contribution < 1.29 is 4.79 Å². The van der Waals surface area contributed by atoms with Gasteiger partial charge in [0, 0.05) is 4.47 Å². The van der Waals surface area contributed by atoms with Gasteiger partial charge < -0.3 is 5.32 Å². The summed E-state index contributed by atoms with van der Waals surface area (Å²) in [6.07, 6.45) is 3.22. The minimum absolute atomic E-state index is 0.0542. The molecule has 0 radical (unpaired) electrons. The highest BCUT2D eigenvalue weighted by Gasteiger charge is 2.15. The second-order valence-electron chi connectivity index (χ2n) is 6.16. The number of fused-ring (bicyclic) bond motifs is 1. The minimum atomic E-state index is -0.224. The van der Waals surface area contributed by atoms with Crippen LogP contribution in [-0.4, -0.2) is 15.5 Å². The SMILES string of the molecule is CCC[C@@H](NC(=O)Cn1cnc2ccc(Br)cc2c1=O)c1ccccc1. The maximum Gasteiger partial charge on any atom is 0.261 e. The van der Waals surface area contributed by atoms with Crippen LogP contribution in [0.25, 0.3) is 10.9 Å². The fourth-order valence-corrected chi connectivity index (χ4v) is 3.30. The first kappa shape index (κ1) is 18.3. The molecule has 6 heteroatoms. The third-order valence-corrected chi connectivity index (χ3v) is 4.71. The molecule has 134 valence electrons. The molecule has 1 heterocycles. The number of hydrogen-bond donors (Lipinski definition) is 1. The van der Waals surface area contributed by atoms with E-state index >= 15 is 0 Å². The highest BCUT2D eigenvalue weighted by atomic mass is 79.9. The number of halogens is 1. The predicted molar refractivity (Wildman–Crippen MR) is 106 cm³/mol. The van der Waals surface area contributed by atoms with E-state index in [0.717, 1.165) is 22.9 Å². The van der Waals surface area contributed by atoms with E-state index < -0.39 is 0 Å². The van der Waals surface area contributed by atoms with Crippen LogP contribution in [0, 0.1) is 0 Å². The Hall–Kier alpha value is -2.47. The van der Waals surface area contributed by atoms with E-state index in [4.69, 9.17) is 0 Å². The summed E-state index contributed by atoms with van der Waals surface area (Å²) < 4.78 is 2.15. The molecule has 1 N–H and O–H groups in total. The van der Waals surface area contributed by atoms with Gasteiger partial charge >= 0.3 is 0 Å². The third kappa shape index (κ3) is 4.19. The molecule has 0 aliphatic rings. The topological polar surface area (TPSA) is 64.0 Å². The number of aromatic nitrogens is 2. The van der Waals surface area contributed by atoms with Crippen LogP contribution in [0.2, 0.25) is 0 Å². The zero-order valence-electron chi connectivity index (χ0n) is 14.5. The second kappa shape index (κ2) is 8.27. The largest absolute Gasteiger partial charge is 0.348 e. The summed E-state index contributed by atoms with van der Waals surface area (Å²) in [5.74, 6) is -0.203. The van der Waals surface area contributed by atoms with Crippen molar-refractivity contribution in [2.45, 2.75) is 32.4 Å². The Labute approximate surface area is 160 Å². The molecule has 0 aliphatic carbocycles. The maximum atomic E-state index is 12.6. The summed E-state index contributed by atoms with van der Waals surface area (Å²) in [7, 11) is 0. The zero-order valence-corrected chi connectivity index (χ0v) is 16.1. The van der Waals surface area contributed by atoms with Gasteiger partial charge in [-0.05, 0) is 30.2 Å². The van der Waals surface area contributed by atoms with Crippen LogP contribution in [0.1, 0.15) is 31.4 Å². The van der Waals surface area contributed by atoms with Crippen molar-refractivity contribution in [3.8, 4) is 0 Å². The lowest BCUT2D eigenvalue weighted by molar-refractivity contribution is -0.122. The summed E-state index contributed by atoms with van der Waals surface area (Å²) in [6.45, 7) is 2.03. The minimum Gasteiger partial charge on any atom is -0.348 e. The number of hydrogen-bond acceptors (Lipinski definition) is 3. The van der Waals surface area contributed by atoms with Gasteiger partial charge in [0.15, 0.2) is 0 Å². The molecule has 2 aromatic carbocycles. The van der Waals surface area contributed by atoms with Crippen LogP contribution < -0.4 is 10.9 Å². The van der Waals surface area contributed by atoms with Crippen molar-refractivity contribution in [2.75, 3.05) is 0 Å². The summed E-state index contributed by atoms with van der Waals surface area (Å²) >= 11 is 3.36. The Morgan fingerprint density at radius 2 is 2.00 bits per heavy atom. The molecular weight excluding hydrogens is 394 g/mol. The maximum absolute atomic E-state index is 12.6. The van der Waals surface area contributed by atoms with Crippen LogP contribution >= 0.6 is 15.9 Å². The van der Waals surface area contributed by atoms with Gasteiger partial charge in [-0.2, -0.15) is 0 Å². The highest BCUT2D eigenvalue weighted by Crippen LogP contribution is 2.18. The predicted octanol–water partition coefficient (Wildman–Crippen LogP) is 3.82. The van der Waals surface area contributed by atoms with E-state index in [-0.39, 0.29) is 24.1 Å². The van der Waals surface area contributed by atoms with Gasteiger partial charge in [0.05, 0.1) is 23.3 Å². The van der Waals surface area contributed by atoms with Gasteiger partial charge in [-0.3, -0.25) is 14.2 Å². The number of carbonyl (C=O) groups excluding carboxylic acids is 1. The number of amides is 1. The lowest BCUT2D eigenvalue weighted by atomic mass is 10.0. The molecule has 0 aliphatic heterocycles. The molecular formula is C20H20BrN3O2. The molecule has 1 atom stereocenters. The molecule has 0 fully saturated rings. The summed E-state index contributed by atoms with van der Waals surface area (Å²) in [4.78, 5) is 29.4. The number of rotatable bonds is 6. The van der Waals surface area contributed by atoms with Crippen LogP contribution in [0.15, 0.2) is 64.1 Å². The molecule has 1 amide bonds. The standard InChI is InChI=1S/C20H20BrN3O2/c1-2-6-17(14-7-4-3-5-8-14)23-19(25)12-24-13-22-18-10-9-15(21)11-16(18)20(24)26/h3-5,7-11,13,17H,2,6,12H2,1H3,(H,23,25)/t17-/m1/s1. The lowest BCUT2D eigenvalue weighted by Gasteiger charge is -2.19. The van der Waals surface area contributed by atoms with Crippen LogP contribution in [0.3, 0.4) is 0 Å². The van der Waals surface area contributed by atoms with E-state index in [9.17, 15) is 9.59 Å². The molecule has 5 nitrogen and oxygen atoms in total. The van der Waals surface area contributed by atoms with E-state index in [2.05, 4.69) is 33.2 Å². The van der Waals surface area contributed by atoms with Gasteiger partial charge in [-0.1, -0.05) is 59.6 Å². The van der Waals surface area contributed by atoms with Crippen LogP contribution in [0.5, 0.6) is 0 Å². The van der Waals surface area contributed by atoms with Gasteiger partial charge in [0.1, 0.15) is 6.54 Å². The van der Waals surface area contributed by atoms with Crippen molar-refractivity contribution >= 4 is 32.7 Å². The van der Waals surface area contributed by atoms with E-state index in [0.29, 0.717) is 10.9 Å².